The van der Waals surface area contributed by atoms with E-state index in [1.807, 2.05) is 6.08 Å². The van der Waals surface area contributed by atoms with Crippen LogP contribution in [0, 0.1) is 17.8 Å². The first-order valence-corrected chi connectivity index (χ1v) is 6.83. The van der Waals surface area contributed by atoms with Crippen molar-refractivity contribution in [2.45, 2.75) is 32.0 Å². The number of nitrogens with zero attached hydrogens (tertiary/aromatic N) is 1. The second-order valence-electron chi connectivity index (χ2n) is 6.18. The Hall–Kier alpha value is -1.36. The Labute approximate surface area is 112 Å². The molecule has 0 saturated carbocycles. The topological polar surface area (TPSA) is 66.8 Å². The van der Waals surface area contributed by atoms with Gasteiger partial charge in [-0.05, 0) is 12.3 Å². The highest BCUT2D eigenvalue weighted by atomic mass is 16.5. The Morgan fingerprint density at radius 3 is 3.00 bits per heavy atom. The molecule has 1 N–H and O–H groups in total. The fraction of sp³-hybridized carbons (Fsp3) is 0.714. The zero-order valence-corrected chi connectivity index (χ0v) is 11.2. The van der Waals surface area contributed by atoms with Gasteiger partial charge < -0.3 is 14.7 Å². The summed E-state index contributed by atoms with van der Waals surface area (Å²) in [6, 6.07) is 0. The first-order valence-electron chi connectivity index (χ1n) is 6.83. The van der Waals surface area contributed by atoms with Gasteiger partial charge in [0.05, 0.1) is 18.6 Å². The molecule has 3 aliphatic rings. The number of likely N-dealkylation sites (tertiary alicyclic amines) is 1. The summed E-state index contributed by atoms with van der Waals surface area (Å²) in [5.74, 6) is -1.72. The summed E-state index contributed by atoms with van der Waals surface area (Å²) >= 11 is 0. The highest BCUT2D eigenvalue weighted by Crippen LogP contribution is 2.51. The number of ether oxygens (including phenoxy) is 1. The molecule has 5 nitrogen and oxygen atoms in total. The normalized spacial score (nSPS) is 39.4. The van der Waals surface area contributed by atoms with Crippen LogP contribution in [0.15, 0.2) is 12.2 Å². The number of fused-ring (bicyclic) bond motifs is 1. The molecule has 1 spiro atoms. The monoisotopic (exact) mass is 265 g/mol. The molecule has 0 aromatic rings. The summed E-state index contributed by atoms with van der Waals surface area (Å²) in [7, 11) is 0. The third-order valence-electron chi connectivity index (χ3n) is 4.44. The molecule has 2 bridgehead atoms. The van der Waals surface area contributed by atoms with Crippen LogP contribution in [0.1, 0.15) is 20.3 Å². The average Bonchev–Trinajstić information content (AvgIpc) is 2.95. The minimum atomic E-state index is -0.930. The third-order valence-corrected chi connectivity index (χ3v) is 4.44. The molecular formula is C14H19NO4. The number of rotatable bonds is 4. The Balaban J connectivity index is 1.83. The van der Waals surface area contributed by atoms with E-state index in [-0.39, 0.29) is 5.91 Å². The molecule has 5 heteroatoms. The number of carboxylic acid groups (broad SMARTS) is 1. The van der Waals surface area contributed by atoms with Crippen LogP contribution in [0.25, 0.3) is 0 Å². The van der Waals surface area contributed by atoms with Gasteiger partial charge in [0.25, 0.3) is 0 Å². The van der Waals surface area contributed by atoms with Crippen molar-refractivity contribution in [3.63, 3.8) is 0 Å². The molecule has 0 radical (unpaired) electrons. The van der Waals surface area contributed by atoms with E-state index < -0.39 is 29.5 Å². The molecule has 104 valence electrons. The molecule has 0 aromatic carbocycles. The van der Waals surface area contributed by atoms with Crippen molar-refractivity contribution in [1.29, 1.82) is 0 Å². The zero-order chi connectivity index (χ0) is 13.8. The number of carbonyl (C=O) groups is 2. The van der Waals surface area contributed by atoms with Crippen LogP contribution in [0.3, 0.4) is 0 Å². The summed E-state index contributed by atoms with van der Waals surface area (Å²) in [6.45, 7) is 5.41. The van der Waals surface area contributed by atoms with Gasteiger partial charge in [0.15, 0.2) is 0 Å². The molecule has 19 heavy (non-hydrogen) atoms. The summed E-state index contributed by atoms with van der Waals surface area (Å²) < 4.78 is 5.81. The van der Waals surface area contributed by atoms with E-state index in [1.54, 1.807) is 11.0 Å². The molecule has 3 aliphatic heterocycles. The largest absolute Gasteiger partial charge is 0.481 e. The quantitative estimate of drug-likeness (QED) is 0.767. The maximum Gasteiger partial charge on any atom is 0.310 e. The van der Waals surface area contributed by atoms with E-state index in [0.717, 1.165) is 6.42 Å². The molecule has 2 fully saturated rings. The smallest absolute Gasteiger partial charge is 0.310 e. The van der Waals surface area contributed by atoms with Crippen LogP contribution in [-0.2, 0) is 14.3 Å². The van der Waals surface area contributed by atoms with Gasteiger partial charge in [0, 0.05) is 6.54 Å². The summed E-state index contributed by atoms with van der Waals surface area (Å²) in [6.07, 6.45) is 4.20. The maximum atomic E-state index is 12.4. The number of amides is 1. The lowest BCUT2D eigenvalue weighted by Crippen LogP contribution is -2.39. The van der Waals surface area contributed by atoms with Crippen molar-refractivity contribution < 1.29 is 19.4 Å². The highest BCUT2D eigenvalue weighted by molar-refractivity contribution is 5.90. The van der Waals surface area contributed by atoms with Crippen LogP contribution in [0.4, 0.5) is 0 Å². The Morgan fingerprint density at radius 2 is 2.37 bits per heavy atom. The summed E-state index contributed by atoms with van der Waals surface area (Å²) in [5, 5.41) is 9.32. The number of carbonyl (C=O) groups excluding carboxylic acids is 1. The lowest BCUT2D eigenvalue weighted by Gasteiger charge is -2.21. The molecule has 2 saturated heterocycles. The van der Waals surface area contributed by atoms with Crippen molar-refractivity contribution in [3.8, 4) is 0 Å². The maximum absolute atomic E-state index is 12.4. The molecule has 1 amide bonds. The van der Waals surface area contributed by atoms with Crippen molar-refractivity contribution in [1.82, 2.24) is 4.90 Å². The fourth-order valence-corrected chi connectivity index (χ4v) is 3.46. The Kier molecular flexibility index (Phi) is 2.71. The molecule has 0 aromatic heterocycles. The minimum absolute atomic E-state index is 0.0556. The second-order valence-corrected chi connectivity index (χ2v) is 6.18. The number of carboxylic acids is 1. The fourth-order valence-electron chi connectivity index (χ4n) is 3.46. The molecular weight excluding hydrogens is 246 g/mol. The first-order chi connectivity index (χ1) is 8.94. The molecule has 4 unspecified atom stereocenters. The highest BCUT2D eigenvalue weighted by Gasteiger charge is 2.66. The van der Waals surface area contributed by atoms with Gasteiger partial charge in [-0.15, -0.1) is 0 Å². The van der Waals surface area contributed by atoms with Crippen LogP contribution in [0.5, 0.6) is 0 Å². The first kappa shape index (κ1) is 12.7. The Bertz CT molecular complexity index is 458. The van der Waals surface area contributed by atoms with Gasteiger partial charge in [-0.2, -0.15) is 0 Å². The van der Waals surface area contributed by atoms with Crippen molar-refractivity contribution >= 4 is 11.9 Å². The van der Waals surface area contributed by atoms with Gasteiger partial charge in [0.1, 0.15) is 11.5 Å². The van der Waals surface area contributed by atoms with Gasteiger partial charge in [-0.3, -0.25) is 9.59 Å². The van der Waals surface area contributed by atoms with Gasteiger partial charge in [-0.25, -0.2) is 0 Å². The van der Waals surface area contributed by atoms with Gasteiger partial charge >= 0.3 is 5.97 Å². The minimum Gasteiger partial charge on any atom is -0.481 e. The van der Waals surface area contributed by atoms with E-state index in [4.69, 9.17) is 4.74 Å². The van der Waals surface area contributed by atoms with Gasteiger partial charge in [-0.1, -0.05) is 26.0 Å². The summed E-state index contributed by atoms with van der Waals surface area (Å²) in [5.41, 5.74) is -0.679. The summed E-state index contributed by atoms with van der Waals surface area (Å²) in [4.78, 5) is 25.6. The molecule has 0 aliphatic carbocycles. The lowest BCUT2D eigenvalue weighted by atomic mass is 9.77. The van der Waals surface area contributed by atoms with E-state index >= 15 is 0 Å². The molecule has 3 heterocycles. The predicted molar refractivity (Wildman–Crippen MR) is 67.4 cm³/mol. The van der Waals surface area contributed by atoms with Crippen molar-refractivity contribution in [2.75, 3.05) is 13.1 Å². The number of hydrogen-bond donors (Lipinski definition) is 1. The van der Waals surface area contributed by atoms with Crippen LogP contribution in [0.2, 0.25) is 0 Å². The third kappa shape index (κ3) is 1.71. The van der Waals surface area contributed by atoms with Crippen molar-refractivity contribution in [2.24, 2.45) is 17.8 Å². The SMILES string of the molecule is CC(C)CCN1CC23C=CC(O2)C(C(=O)O)C3C1=O. The Morgan fingerprint density at radius 1 is 1.63 bits per heavy atom. The predicted octanol–water partition coefficient (Wildman–Crippen LogP) is 0.899. The second kappa shape index (κ2) is 4.07. The van der Waals surface area contributed by atoms with E-state index in [2.05, 4.69) is 13.8 Å². The van der Waals surface area contributed by atoms with Crippen molar-refractivity contribution in [3.05, 3.63) is 12.2 Å². The van der Waals surface area contributed by atoms with Crippen LogP contribution >= 0.6 is 0 Å². The number of aliphatic carboxylic acids is 1. The lowest BCUT2D eigenvalue weighted by molar-refractivity contribution is -0.148. The van der Waals surface area contributed by atoms with Crippen LogP contribution in [-0.4, -0.2) is 46.7 Å². The number of hydrogen-bond acceptors (Lipinski definition) is 3. The standard InChI is InChI=1S/C14H19NO4/c1-8(2)4-6-15-7-14-5-3-9(19-14)10(13(17)18)11(14)12(15)16/h3,5,8-11H,4,6-7H2,1-2H3,(H,17,18). The zero-order valence-electron chi connectivity index (χ0n) is 11.2. The van der Waals surface area contributed by atoms with E-state index in [1.165, 1.54) is 0 Å². The van der Waals surface area contributed by atoms with Gasteiger partial charge in [0.2, 0.25) is 5.91 Å². The van der Waals surface area contributed by atoms with Crippen LogP contribution < -0.4 is 0 Å². The molecule has 3 rings (SSSR count). The van der Waals surface area contributed by atoms with E-state index in [9.17, 15) is 14.7 Å². The molecule has 4 atom stereocenters. The average molecular weight is 265 g/mol. The van der Waals surface area contributed by atoms with E-state index in [0.29, 0.717) is 19.0 Å².